The largest absolute Gasteiger partial charge is 0.423 e. The van der Waals surface area contributed by atoms with Gasteiger partial charge in [0.15, 0.2) is 5.52 Å². The summed E-state index contributed by atoms with van der Waals surface area (Å²) in [6, 6.07) is -0.229. The molecule has 92 valence electrons. The smallest absolute Gasteiger partial charge is 0.396 e. The molecule has 0 spiro atoms. The van der Waals surface area contributed by atoms with Crippen LogP contribution in [0.2, 0.25) is 0 Å². The van der Waals surface area contributed by atoms with E-state index >= 15 is 0 Å². The Labute approximate surface area is 102 Å². The van der Waals surface area contributed by atoms with Crippen molar-refractivity contribution < 1.29 is 4.42 Å². The van der Waals surface area contributed by atoms with E-state index in [1.54, 1.807) is 13.8 Å². The predicted octanol–water partition coefficient (Wildman–Crippen LogP) is 2.12. The fraction of sp³-hybridized carbons (Fsp3) is 0.545. The van der Waals surface area contributed by atoms with Crippen LogP contribution in [-0.2, 0) is 0 Å². The molecule has 2 aromatic rings. The number of fused-ring (bicyclic) bond motifs is 1. The quantitative estimate of drug-likeness (QED) is 0.823. The van der Waals surface area contributed by atoms with Crippen LogP contribution in [0.4, 0.5) is 0 Å². The first-order valence-corrected chi connectivity index (χ1v) is 6.29. The van der Waals surface area contributed by atoms with Crippen molar-refractivity contribution in [3.63, 3.8) is 0 Å². The summed E-state index contributed by atoms with van der Waals surface area (Å²) >= 11 is 1.26. The molecule has 0 aliphatic heterocycles. The van der Waals surface area contributed by atoms with Crippen molar-refractivity contribution in [1.82, 2.24) is 9.55 Å². The number of thiazole rings is 1. The molecule has 0 fully saturated rings. The van der Waals surface area contributed by atoms with Gasteiger partial charge in [-0.25, -0.2) is 14.3 Å². The molecule has 0 saturated heterocycles. The van der Waals surface area contributed by atoms with Gasteiger partial charge in [-0.1, -0.05) is 25.2 Å². The Kier molecular flexibility index (Phi) is 2.91. The first-order valence-electron chi connectivity index (χ1n) is 5.48. The Hall–Kier alpha value is -1.43. The van der Waals surface area contributed by atoms with E-state index < -0.39 is 5.76 Å². The van der Waals surface area contributed by atoms with Crippen molar-refractivity contribution in [2.45, 2.75) is 39.7 Å². The minimum atomic E-state index is -0.614. The molecule has 0 radical (unpaired) electrons. The van der Waals surface area contributed by atoms with Crippen LogP contribution in [-0.4, -0.2) is 9.55 Å². The fourth-order valence-corrected chi connectivity index (χ4v) is 2.45. The van der Waals surface area contributed by atoms with Gasteiger partial charge in [-0.3, -0.25) is 4.79 Å². The van der Waals surface area contributed by atoms with Gasteiger partial charge in [0.05, 0.1) is 5.01 Å². The SMILES string of the molecule is CC(C)c1nc2c(=O)n(C(C)C)c(=O)oc2s1. The lowest BCUT2D eigenvalue weighted by atomic mass is 10.2. The molecular weight excluding hydrogens is 240 g/mol. The summed E-state index contributed by atoms with van der Waals surface area (Å²) in [7, 11) is 0. The minimum Gasteiger partial charge on any atom is -0.396 e. The topological polar surface area (TPSA) is 65.1 Å². The van der Waals surface area contributed by atoms with Gasteiger partial charge in [-0.2, -0.15) is 0 Å². The van der Waals surface area contributed by atoms with Crippen LogP contribution in [0.3, 0.4) is 0 Å². The molecule has 0 amide bonds. The predicted molar refractivity (Wildman–Crippen MR) is 66.9 cm³/mol. The summed E-state index contributed by atoms with van der Waals surface area (Å²) in [5.41, 5.74) is -0.110. The van der Waals surface area contributed by atoms with Crippen molar-refractivity contribution in [3.8, 4) is 0 Å². The van der Waals surface area contributed by atoms with Gasteiger partial charge in [-0.15, -0.1) is 0 Å². The summed E-state index contributed by atoms with van der Waals surface area (Å²) in [5, 5.41) is 0.807. The first kappa shape index (κ1) is 12.0. The number of aromatic nitrogens is 2. The summed E-state index contributed by atoms with van der Waals surface area (Å²) < 4.78 is 6.22. The van der Waals surface area contributed by atoms with Crippen LogP contribution in [0.15, 0.2) is 14.0 Å². The average molecular weight is 254 g/mol. The van der Waals surface area contributed by atoms with Crippen molar-refractivity contribution >= 4 is 21.8 Å². The Morgan fingerprint density at radius 1 is 1.24 bits per heavy atom. The third-order valence-electron chi connectivity index (χ3n) is 2.42. The van der Waals surface area contributed by atoms with Crippen LogP contribution in [0, 0.1) is 0 Å². The summed E-state index contributed by atoms with van der Waals surface area (Å²) in [6.07, 6.45) is 0. The van der Waals surface area contributed by atoms with E-state index in [0.29, 0.717) is 4.90 Å². The van der Waals surface area contributed by atoms with Crippen LogP contribution in [0.25, 0.3) is 10.4 Å². The van der Waals surface area contributed by atoms with Gasteiger partial charge in [0.25, 0.3) is 5.56 Å². The summed E-state index contributed by atoms with van der Waals surface area (Å²) in [5.74, 6) is -0.402. The second kappa shape index (κ2) is 4.10. The van der Waals surface area contributed by atoms with Crippen LogP contribution in [0.5, 0.6) is 0 Å². The summed E-state index contributed by atoms with van der Waals surface area (Å²) in [6.45, 7) is 7.49. The lowest BCUT2D eigenvalue weighted by molar-refractivity contribution is 0.429. The molecule has 0 bridgehead atoms. The Bertz CT molecular complexity index is 663. The normalized spacial score (nSPS) is 11.9. The first-order chi connectivity index (χ1) is 7.91. The molecule has 5 nitrogen and oxygen atoms in total. The molecule has 17 heavy (non-hydrogen) atoms. The van der Waals surface area contributed by atoms with E-state index in [9.17, 15) is 9.59 Å². The lowest BCUT2D eigenvalue weighted by Gasteiger charge is -2.05. The zero-order chi connectivity index (χ0) is 12.7. The van der Waals surface area contributed by atoms with Gasteiger partial charge in [0.2, 0.25) is 4.90 Å². The monoisotopic (exact) mass is 254 g/mol. The van der Waals surface area contributed by atoms with Gasteiger partial charge in [0.1, 0.15) is 0 Å². The lowest BCUT2D eigenvalue weighted by Crippen LogP contribution is -2.33. The van der Waals surface area contributed by atoms with Crippen LogP contribution in [0.1, 0.15) is 44.7 Å². The maximum absolute atomic E-state index is 12.1. The zero-order valence-electron chi connectivity index (χ0n) is 10.2. The van der Waals surface area contributed by atoms with E-state index in [4.69, 9.17) is 4.42 Å². The van der Waals surface area contributed by atoms with Crippen LogP contribution < -0.4 is 11.3 Å². The van der Waals surface area contributed by atoms with Crippen molar-refractivity contribution in [2.75, 3.05) is 0 Å². The van der Waals surface area contributed by atoms with E-state index in [0.717, 1.165) is 9.57 Å². The maximum atomic E-state index is 12.1. The van der Waals surface area contributed by atoms with Crippen molar-refractivity contribution in [1.29, 1.82) is 0 Å². The highest BCUT2D eigenvalue weighted by molar-refractivity contribution is 7.17. The molecule has 0 saturated carbocycles. The fourth-order valence-electron chi connectivity index (χ4n) is 1.54. The third kappa shape index (κ3) is 1.93. The molecule has 0 aliphatic carbocycles. The molecule has 2 rings (SSSR count). The van der Waals surface area contributed by atoms with Crippen LogP contribution >= 0.6 is 11.3 Å². The molecule has 0 N–H and O–H groups in total. The molecule has 0 unspecified atom stereocenters. The van der Waals surface area contributed by atoms with Gasteiger partial charge >= 0.3 is 5.76 Å². The highest BCUT2D eigenvalue weighted by atomic mass is 32.1. The van der Waals surface area contributed by atoms with Crippen molar-refractivity contribution in [2.24, 2.45) is 0 Å². The molecular formula is C11H14N2O3S. The van der Waals surface area contributed by atoms with E-state index in [-0.39, 0.29) is 23.0 Å². The number of nitrogens with zero attached hydrogens (tertiary/aromatic N) is 2. The Morgan fingerprint density at radius 3 is 2.41 bits per heavy atom. The second-order valence-corrected chi connectivity index (χ2v) is 5.47. The van der Waals surface area contributed by atoms with E-state index in [1.165, 1.54) is 11.3 Å². The standard InChI is InChI=1S/C11H14N2O3S/c1-5(2)8-12-7-9(14)13(6(3)4)11(15)16-10(7)17-8/h5-6H,1-4H3. The molecule has 6 heteroatoms. The van der Waals surface area contributed by atoms with Gasteiger partial charge < -0.3 is 4.42 Å². The molecule has 0 aromatic carbocycles. The van der Waals surface area contributed by atoms with Crippen molar-refractivity contribution in [3.05, 3.63) is 25.9 Å². The van der Waals surface area contributed by atoms with E-state index in [1.807, 2.05) is 13.8 Å². The maximum Gasteiger partial charge on any atom is 0.423 e. The van der Waals surface area contributed by atoms with E-state index in [2.05, 4.69) is 4.98 Å². The summed E-state index contributed by atoms with van der Waals surface area (Å²) in [4.78, 5) is 28.3. The molecule has 2 heterocycles. The zero-order valence-corrected chi connectivity index (χ0v) is 11.0. The highest BCUT2D eigenvalue weighted by Crippen LogP contribution is 2.24. The van der Waals surface area contributed by atoms with Gasteiger partial charge in [0, 0.05) is 12.0 Å². The van der Waals surface area contributed by atoms with Gasteiger partial charge in [-0.05, 0) is 13.8 Å². The second-order valence-electron chi connectivity index (χ2n) is 4.48. The third-order valence-corrected chi connectivity index (χ3v) is 3.65. The number of hydrogen-bond donors (Lipinski definition) is 0. The number of hydrogen-bond acceptors (Lipinski definition) is 5. The Balaban J connectivity index is 2.84. The Morgan fingerprint density at radius 2 is 1.88 bits per heavy atom. The minimum absolute atomic E-state index is 0.213. The average Bonchev–Trinajstić information content (AvgIpc) is 2.60. The molecule has 2 aromatic heterocycles. The number of rotatable bonds is 2. The molecule has 0 atom stereocenters. The highest BCUT2D eigenvalue weighted by Gasteiger charge is 2.17. The molecule has 0 aliphatic rings.